The fourth-order valence-electron chi connectivity index (χ4n) is 4.14. The number of likely N-dealkylation sites (tertiary alicyclic amines) is 1. The number of ketones is 1. The third kappa shape index (κ3) is 4.25. The number of hydrogen-bond donors (Lipinski definition) is 1. The van der Waals surface area contributed by atoms with Crippen LogP contribution in [0, 0.1) is 0 Å². The number of benzene rings is 2. The highest BCUT2D eigenvalue weighted by molar-refractivity contribution is 9.10. The number of Topliss-reactive ketones (excluding diaryl/α,β-unsaturated/α-hetero) is 1. The Morgan fingerprint density at radius 1 is 1.13 bits per heavy atom. The van der Waals surface area contributed by atoms with Crippen LogP contribution >= 0.6 is 15.9 Å². The standard InChI is InChI=1S/C24H25BrN2O4/c1-26(2)18-11-7-15(8-12-18)21-20(22(28)16-5-9-17(25)10-6-16)23(29)24(30)27(21)14-19-4-3-13-31-19/h5-12,19,21,28H,3-4,13-14H2,1-2H3. The quantitative estimate of drug-likeness (QED) is 0.392. The van der Waals surface area contributed by atoms with Gasteiger partial charge in [0.15, 0.2) is 0 Å². The molecule has 2 saturated heterocycles. The first-order valence-corrected chi connectivity index (χ1v) is 11.1. The van der Waals surface area contributed by atoms with Crippen LogP contribution in [-0.2, 0) is 14.3 Å². The zero-order valence-corrected chi connectivity index (χ0v) is 19.1. The summed E-state index contributed by atoms with van der Waals surface area (Å²) in [6.07, 6.45) is 1.69. The second kappa shape index (κ2) is 8.85. The topological polar surface area (TPSA) is 70.1 Å². The SMILES string of the molecule is CN(C)c1ccc(C2C(=C(O)c3ccc(Br)cc3)C(=O)C(=O)N2CC2CCCO2)cc1. The molecule has 0 aromatic heterocycles. The van der Waals surface area contributed by atoms with Gasteiger partial charge in [-0.05, 0) is 42.7 Å². The smallest absolute Gasteiger partial charge is 0.295 e. The zero-order chi connectivity index (χ0) is 22.1. The van der Waals surface area contributed by atoms with Crippen LogP contribution in [0.5, 0.6) is 0 Å². The van der Waals surface area contributed by atoms with Gasteiger partial charge in [-0.2, -0.15) is 0 Å². The summed E-state index contributed by atoms with van der Waals surface area (Å²) in [5, 5.41) is 11.1. The molecule has 7 heteroatoms. The Morgan fingerprint density at radius 2 is 1.81 bits per heavy atom. The lowest BCUT2D eigenvalue weighted by molar-refractivity contribution is -0.140. The highest BCUT2D eigenvalue weighted by Gasteiger charge is 2.47. The van der Waals surface area contributed by atoms with Gasteiger partial charge >= 0.3 is 0 Å². The number of aliphatic hydroxyl groups excluding tert-OH is 1. The van der Waals surface area contributed by atoms with E-state index in [0.717, 1.165) is 28.6 Å². The van der Waals surface area contributed by atoms with Gasteiger partial charge in [-0.3, -0.25) is 9.59 Å². The van der Waals surface area contributed by atoms with Gasteiger partial charge in [0.25, 0.3) is 11.7 Å². The normalized spacial score (nSPS) is 22.9. The molecule has 4 rings (SSSR count). The molecule has 2 unspecified atom stereocenters. The molecule has 0 bridgehead atoms. The van der Waals surface area contributed by atoms with E-state index < -0.39 is 17.7 Å². The van der Waals surface area contributed by atoms with Crippen LogP contribution in [0.2, 0.25) is 0 Å². The van der Waals surface area contributed by atoms with Crippen molar-refractivity contribution in [1.82, 2.24) is 4.90 Å². The van der Waals surface area contributed by atoms with Gasteiger partial charge < -0.3 is 19.6 Å². The Balaban J connectivity index is 1.80. The predicted octanol–water partition coefficient (Wildman–Crippen LogP) is 4.12. The van der Waals surface area contributed by atoms with Crippen molar-refractivity contribution in [3.8, 4) is 0 Å². The Kier molecular flexibility index (Phi) is 6.16. The van der Waals surface area contributed by atoms with E-state index in [2.05, 4.69) is 15.9 Å². The minimum atomic E-state index is -0.667. The molecular formula is C24H25BrN2O4. The first-order chi connectivity index (χ1) is 14.9. The third-order valence-electron chi connectivity index (χ3n) is 5.81. The molecule has 2 aromatic carbocycles. The molecule has 2 fully saturated rings. The van der Waals surface area contributed by atoms with Crippen LogP contribution in [-0.4, -0.2) is 55.0 Å². The van der Waals surface area contributed by atoms with Gasteiger partial charge in [0, 0.05) is 43.0 Å². The number of ether oxygens (including phenoxy) is 1. The van der Waals surface area contributed by atoms with Crippen molar-refractivity contribution in [3.63, 3.8) is 0 Å². The number of nitrogens with zero attached hydrogens (tertiary/aromatic N) is 2. The maximum Gasteiger partial charge on any atom is 0.295 e. The van der Waals surface area contributed by atoms with Crippen molar-refractivity contribution in [1.29, 1.82) is 0 Å². The predicted molar refractivity (Wildman–Crippen MR) is 123 cm³/mol. The van der Waals surface area contributed by atoms with Crippen molar-refractivity contribution < 1.29 is 19.4 Å². The average molecular weight is 485 g/mol. The Hall–Kier alpha value is -2.64. The fourth-order valence-corrected chi connectivity index (χ4v) is 4.40. The number of carbonyl (C=O) groups is 2. The van der Waals surface area contributed by atoms with E-state index in [-0.39, 0.29) is 17.4 Å². The number of amides is 1. The van der Waals surface area contributed by atoms with Crippen LogP contribution in [0.25, 0.3) is 5.76 Å². The minimum absolute atomic E-state index is 0.102. The zero-order valence-electron chi connectivity index (χ0n) is 17.5. The van der Waals surface area contributed by atoms with E-state index in [1.165, 1.54) is 0 Å². The Bertz CT molecular complexity index is 1010. The van der Waals surface area contributed by atoms with E-state index in [0.29, 0.717) is 18.7 Å². The second-order valence-electron chi connectivity index (χ2n) is 8.08. The molecule has 0 saturated carbocycles. The molecular weight excluding hydrogens is 460 g/mol. The highest BCUT2D eigenvalue weighted by Crippen LogP contribution is 2.40. The van der Waals surface area contributed by atoms with Crippen molar-refractivity contribution in [2.45, 2.75) is 25.0 Å². The van der Waals surface area contributed by atoms with Crippen molar-refractivity contribution in [3.05, 3.63) is 69.7 Å². The Morgan fingerprint density at radius 3 is 2.39 bits per heavy atom. The summed E-state index contributed by atoms with van der Waals surface area (Å²) in [7, 11) is 3.90. The average Bonchev–Trinajstić information content (AvgIpc) is 3.36. The number of carbonyl (C=O) groups excluding carboxylic acids is 2. The molecule has 0 radical (unpaired) electrons. The molecule has 0 spiro atoms. The number of hydrogen-bond acceptors (Lipinski definition) is 5. The van der Waals surface area contributed by atoms with Gasteiger partial charge in [-0.25, -0.2) is 0 Å². The summed E-state index contributed by atoms with van der Waals surface area (Å²) in [4.78, 5) is 29.6. The molecule has 2 aromatic rings. The second-order valence-corrected chi connectivity index (χ2v) is 9.00. The summed E-state index contributed by atoms with van der Waals surface area (Å²) in [5.74, 6) is -1.43. The molecule has 2 atom stereocenters. The summed E-state index contributed by atoms with van der Waals surface area (Å²) in [5.41, 5.74) is 2.39. The lowest BCUT2D eigenvalue weighted by Gasteiger charge is -2.28. The molecule has 162 valence electrons. The van der Waals surface area contributed by atoms with E-state index in [1.807, 2.05) is 43.3 Å². The molecule has 2 heterocycles. The number of aliphatic hydroxyl groups is 1. The lowest BCUT2D eigenvalue weighted by atomic mass is 9.95. The van der Waals surface area contributed by atoms with Crippen molar-refractivity contribution >= 4 is 39.1 Å². The van der Waals surface area contributed by atoms with Gasteiger partial charge in [0.1, 0.15) is 5.76 Å². The third-order valence-corrected chi connectivity index (χ3v) is 6.34. The summed E-state index contributed by atoms with van der Waals surface area (Å²) in [6, 6.07) is 14.1. The molecule has 31 heavy (non-hydrogen) atoms. The summed E-state index contributed by atoms with van der Waals surface area (Å²) in [6.45, 7) is 0.984. The number of halogens is 1. The maximum absolute atomic E-state index is 13.1. The monoisotopic (exact) mass is 484 g/mol. The van der Waals surface area contributed by atoms with Crippen LogP contribution in [0.4, 0.5) is 5.69 Å². The lowest BCUT2D eigenvalue weighted by Crippen LogP contribution is -2.36. The number of anilines is 1. The van der Waals surface area contributed by atoms with E-state index >= 15 is 0 Å². The summed E-state index contributed by atoms with van der Waals surface area (Å²) >= 11 is 3.38. The summed E-state index contributed by atoms with van der Waals surface area (Å²) < 4.78 is 6.59. The van der Waals surface area contributed by atoms with Gasteiger partial charge in [0.05, 0.1) is 17.7 Å². The van der Waals surface area contributed by atoms with Gasteiger partial charge in [-0.1, -0.05) is 40.2 Å². The van der Waals surface area contributed by atoms with Crippen LogP contribution < -0.4 is 4.90 Å². The van der Waals surface area contributed by atoms with Crippen LogP contribution in [0.3, 0.4) is 0 Å². The minimum Gasteiger partial charge on any atom is -0.507 e. The largest absolute Gasteiger partial charge is 0.507 e. The van der Waals surface area contributed by atoms with Crippen LogP contribution in [0.1, 0.15) is 30.0 Å². The van der Waals surface area contributed by atoms with Crippen LogP contribution in [0.15, 0.2) is 58.6 Å². The highest BCUT2D eigenvalue weighted by atomic mass is 79.9. The molecule has 1 N–H and O–H groups in total. The molecule has 6 nitrogen and oxygen atoms in total. The van der Waals surface area contributed by atoms with Gasteiger partial charge in [0.2, 0.25) is 0 Å². The van der Waals surface area contributed by atoms with Crippen molar-refractivity contribution in [2.24, 2.45) is 0 Å². The molecule has 1 amide bonds. The molecule has 2 aliphatic rings. The van der Waals surface area contributed by atoms with Gasteiger partial charge in [-0.15, -0.1) is 0 Å². The number of rotatable bonds is 5. The Labute approximate surface area is 190 Å². The molecule has 2 aliphatic heterocycles. The van der Waals surface area contributed by atoms with E-state index in [4.69, 9.17) is 4.74 Å². The van der Waals surface area contributed by atoms with Crippen molar-refractivity contribution in [2.75, 3.05) is 32.1 Å². The fraction of sp³-hybridized carbons (Fsp3) is 0.333. The van der Waals surface area contributed by atoms with E-state index in [1.54, 1.807) is 29.2 Å². The first-order valence-electron chi connectivity index (χ1n) is 10.3. The first kappa shape index (κ1) is 21.6. The van der Waals surface area contributed by atoms with E-state index in [9.17, 15) is 14.7 Å². The maximum atomic E-state index is 13.1. The molecule has 0 aliphatic carbocycles.